The zero-order valence-electron chi connectivity index (χ0n) is 10.6. The van der Waals surface area contributed by atoms with E-state index in [9.17, 15) is 0 Å². The van der Waals surface area contributed by atoms with Crippen LogP contribution in [0.2, 0.25) is 0 Å². The minimum absolute atomic E-state index is 0.0530. The molecule has 0 saturated carbocycles. The van der Waals surface area contributed by atoms with E-state index < -0.39 is 0 Å². The fourth-order valence-electron chi connectivity index (χ4n) is 2.12. The first kappa shape index (κ1) is 12.6. The molecule has 1 aromatic rings. The molecule has 0 spiro atoms. The van der Waals surface area contributed by atoms with Crippen LogP contribution in [0.25, 0.3) is 0 Å². The molecule has 1 aromatic heterocycles. The van der Waals surface area contributed by atoms with Crippen molar-refractivity contribution in [3.63, 3.8) is 0 Å². The van der Waals surface area contributed by atoms with Crippen molar-refractivity contribution in [2.75, 3.05) is 19.8 Å². The molecular weight excluding hydrogens is 216 g/mol. The fraction of sp³-hybridized carbons (Fsp3) is 0.692. The van der Waals surface area contributed by atoms with Gasteiger partial charge in [-0.3, -0.25) is 0 Å². The maximum absolute atomic E-state index is 6.05. The Bertz CT molecular complexity index is 339. The lowest BCUT2D eigenvalue weighted by atomic mass is 9.85. The van der Waals surface area contributed by atoms with Crippen LogP contribution in [-0.2, 0) is 11.2 Å². The molecule has 1 fully saturated rings. The van der Waals surface area contributed by atoms with Crippen molar-refractivity contribution in [2.45, 2.75) is 32.4 Å². The lowest BCUT2D eigenvalue weighted by Gasteiger charge is -2.28. The van der Waals surface area contributed by atoms with E-state index in [0.717, 1.165) is 25.3 Å². The Morgan fingerprint density at radius 1 is 1.65 bits per heavy atom. The zero-order valence-corrected chi connectivity index (χ0v) is 10.6. The Balaban J connectivity index is 1.78. The van der Waals surface area contributed by atoms with Crippen LogP contribution >= 0.6 is 0 Å². The van der Waals surface area contributed by atoms with Gasteiger partial charge in [0.25, 0.3) is 0 Å². The van der Waals surface area contributed by atoms with E-state index in [0.29, 0.717) is 12.6 Å². The normalized spacial score (nSPS) is 30.6. The van der Waals surface area contributed by atoms with Crippen LogP contribution in [0.1, 0.15) is 19.6 Å². The molecule has 1 saturated heterocycles. The molecule has 3 atom stereocenters. The van der Waals surface area contributed by atoms with E-state index in [1.165, 1.54) is 0 Å². The number of rotatable bonds is 5. The number of nitrogens with one attached hydrogen (secondary N) is 1. The lowest BCUT2D eigenvalue weighted by Crippen LogP contribution is -2.47. The molecule has 3 N–H and O–H groups in total. The number of ether oxygens (including phenoxy) is 1. The van der Waals surface area contributed by atoms with Gasteiger partial charge in [-0.05, 0) is 19.1 Å². The van der Waals surface area contributed by atoms with Crippen LogP contribution in [0.5, 0.6) is 0 Å². The summed E-state index contributed by atoms with van der Waals surface area (Å²) in [7, 11) is 0. The van der Waals surface area contributed by atoms with Crippen molar-refractivity contribution < 1.29 is 9.15 Å². The molecular formula is C13H22N2O2. The Morgan fingerprint density at radius 2 is 2.47 bits per heavy atom. The molecule has 1 aliphatic rings. The van der Waals surface area contributed by atoms with Gasteiger partial charge in [-0.15, -0.1) is 0 Å². The summed E-state index contributed by atoms with van der Waals surface area (Å²) in [5, 5.41) is 3.51. The first-order chi connectivity index (χ1) is 8.10. The molecule has 4 nitrogen and oxygen atoms in total. The van der Waals surface area contributed by atoms with E-state index >= 15 is 0 Å². The summed E-state index contributed by atoms with van der Waals surface area (Å²) in [5.41, 5.74) is 6.10. The third-order valence-corrected chi connectivity index (χ3v) is 3.57. The van der Waals surface area contributed by atoms with Gasteiger partial charge in [0.2, 0.25) is 0 Å². The molecule has 2 rings (SSSR count). The average Bonchev–Trinajstić information content (AvgIpc) is 2.89. The molecule has 2 heterocycles. The summed E-state index contributed by atoms with van der Waals surface area (Å²) in [6.45, 7) is 6.64. The largest absolute Gasteiger partial charge is 0.469 e. The first-order valence-corrected chi connectivity index (χ1v) is 6.19. The number of hydrogen-bond donors (Lipinski definition) is 2. The van der Waals surface area contributed by atoms with Gasteiger partial charge in [-0.25, -0.2) is 0 Å². The van der Waals surface area contributed by atoms with Gasteiger partial charge in [0.05, 0.1) is 19.5 Å². The molecule has 3 unspecified atom stereocenters. The molecule has 0 amide bonds. The number of hydrogen-bond acceptors (Lipinski definition) is 4. The summed E-state index contributed by atoms with van der Waals surface area (Å²) >= 11 is 0. The minimum Gasteiger partial charge on any atom is -0.469 e. The van der Waals surface area contributed by atoms with Gasteiger partial charge >= 0.3 is 0 Å². The molecule has 0 bridgehead atoms. The molecule has 1 aliphatic heterocycles. The molecule has 0 aromatic carbocycles. The minimum atomic E-state index is 0.0530. The Morgan fingerprint density at radius 3 is 3.06 bits per heavy atom. The fourth-order valence-corrected chi connectivity index (χ4v) is 2.12. The Kier molecular flexibility index (Phi) is 3.86. The highest BCUT2D eigenvalue weighted by Crippen LogP contribution is 2.26. The van der Waals surface area contributed by atoms with Crippen molar-refractivity contribution in [1.82, 2.24) is 5.32 Å². The van der Waals surface area contributed by atoms with E-state index in [2.05, 4.69) is 19.2 Å². The van der Waals surface area contributed by atoms with Crippen LogP contribution in [0, 0.1) is 5.41 Å². The quantitative estimate of drug-likeness (QED) is 0.808. The van der Waals surface area contributed by atoms with Crippen molar-refractivity contribution in [2.24, 2.45) is 11.1 Å². The van der Waals surface area contributed by atoms with Gasteiger partial charge in [0, 0.05) is 30.5 Å². The van der Waals surface area contributed by atoms with Crippen molar-refractivity contribution in [3.8, 4) is 0 Å². The molecule has 0 radical (unpaired) electrons. The van der Waals surface area contributed by atoms with Crippen LogP contribution in [0.4, 0.5) is 0 Å². The summed E-state index contributed by atoms with van der Waals surface area (Å²) in [6.07, 6.45) is 2.61. The Labute approximate surface area is 103 Å². The highest BCUT2D eigenvalue weighted by Gasteiger charge is 2.37. The standard InChI is InChI=1S/C13H22N2O2/c1-10(6-11-4-3-5-17-11)15-8-13(2)9-16-7-12(13)14/h3-5,10,12,15H,6-9,14H2,1-2H3. The molecule has 17 heavy (non-hydrogen) atoms. The van der Waals surface area contributed by atoms with Crippen molar-refractivity contribution in [3.05, 3.63) is 24.2 Å². The smallest absolute Gasteiger partial charge is 0.105 e. The number of furan rings is 1. The van der Waals surface area contributed by atoms with E-state index in [-0.39, 0.29) is 11.5 Å². The van der Waals surface area contributed by atoms with Crippen LogP contribution in [0.3, 0.4) is 0 Å². The maximum atomic E-state index is 6.05. The second-order valence-electron chi connectivity index (χ2n) is 5.34. The Hall–Kier alpha value is -0.840. The van der Waals surface area contributed by atoms with Crippen LogP contribution < -0.4 is 11.1 Å². The predicted octanol–water partition coefficient (Wildman–Crippen LogP) is 1.16. The summed E-state index contributed by atoms with van der Waals surface area (Å²) < 4.78 is 10.8. The van der Waals surface area contributed by atoms with E-state index in [1.807, 2.05) is 12.1 Å². The maximum Gasteiger partial charge on any atom is 0.105 e. The predicted molar refractivity (Wildman–Crippen MR) is 66.8 cm³/mol. The SMILES string of the molecule is CC(Cc1ccco1)NCC1(C)COCC1N. The lowest BCUT2D eigenvalue weighted by molar-refractivity contribution is 0.156. The van der Waals surface area contributed by atoms with Crippen LogP contribution in [0.15, 0.2) is 22.8 Å². The molecule has 4 heteroatoms. The van der Waals surface area contributed by atoms with Gasteiger partial charge in [0.1, 0.15) is 5.76 Å². The molecule has 96 valence electrons. The van der Waals surface area contributed by atoms with Crippen molar-refractivity contribution >= 4 is 0 Å². The topological polar surface area (TPSA) is 60.4 Å². The molecule has 0 aliphatic carbocycles. The van der Waals surface area contributed by atoms with Gasteiger partial charge in [0.15, 0.2) is 0 Å². The van der Waals surface area contributed by atoms with Crippen molar-refractivity contribution in [1.29, 1.82) is 0 Å². The van der Waals surface area contributed by atoms with E-state index in [1.54, 1.807) is 6.26 Å². The zero-order chi connectivity index (χ0) is 12.3. The number of nitrogens with two attached hydrogens (primary N) is 1. The summed E-state index contributed by atoms with van der Waals surface area (Å²) in [6, 6.07) is 4.44. The monoisotopic (exact) mass is 238 g/mol. The average molecular weight is 238 g/mol. The third kappa shape index (κ3) is 3.09. The highest BCUT2D eigenvalue weighted by molar-refractivity contribution is 5.00. The van der Waals surface area contributed by atoms with Gasteiger partial charge in [-0.2, -0.15) is 0 Å². The van der Waals surface area contributed by atoms with Gasteiger partial charge < -0.3 is 20.2 Å². The summed E-state index contributed by atoms with van der Waals surface area (Å²) in [4.78, 5) is 0. The second-order valence-corrected chi connectivity index (χ2v) is 5.34. The second kappa shape index (κ2) is 5.21. The highest BCUT2D eigenvalue weighted by atomic mass is 16.5. The first-order valence-electron chi connectivity index (χ1n) is 6.19. The van der Waals surface area contributed by atoms with Crippen LogP contribution in [-0.4, -0.2) is 31.8 Å². The third-order valence-electron chi connectivity index (χ3n) is 3.57. The van der Waals surface area contributed by atoms with E-state index in [4.69, 9.17) is 14.9 Å². The summed E-state index contributed by atoms with van der Waals surface area (Å²) in [5.74, 6) is 1.02. The van der Waals surface area contributed by atoms with Gasteiger partial charge in [-0.1, -0.05) is 6.92 Å².